The van der Waals surface area contributed by atoms with Gasteiger partial charge in [0.2, 0.25) is 5.88 Å². The summed E-state index contributed by atoms with van der Waals surface area (Å²) >= 11 is 0. The summed E-state index contributed by atoms with van der Waals surface area (Å²) in [4.78, 5) is 17.7. The Labute approximate surface area is 176 Å². The Hall–Kier alpha value is -3.42. The Balaban J connectivity index is 1.69. The predicted molar refractivity (Wildman–Crippen MR) is 116 cm³/mol. The standard InChI is InChI=1S/C22H26N6O2/c1-5-30-21-11-10-20(24-25-21)28-16(3)17(14-23-28)22(29)27-15(2)12-13-26(4)18-8-6-7-9-19(18)27/h6-11,14-15H,5,12-13H2,1-4H3. The number of amides is 1. The van der Waals surface area contributed by atoms with Gasteiger partial charge in [0, 0.05) is 25.7 Å². The SMILES string of the molecule is CCOc1ccc(-n2ncc(C(=O)N3c4ccccc4N(C)CCC3C)c2C)nn1. The largest absolute Gasteiger partial charge is 0.477 e. The topological polar surface area (TPSA) is 76.4 Å². The number of anilines is 2. The first-order chi connectivity index (χ1) is 14.5. The molecule has 3 heterocycles. The van der Waals surface area contributed by atoms with E-state index < -0.39 is 0 Å². The van der Waals surface area contributed by atoms with Crippen LogP contribution in [0.3, 0.4) is 0 Å². The van der Waals surface area contributed by atoms with E-state index in [4.69, 9.17) is 4.74 Å². The molecule has 0 N–H and O–H groups in total. The van der Waals surface area contributed by atoms with Crippen molar-refractivity contribution in [1.82, 2.24) is 20.0 Å². The average molecular weight is 406 g/mol. The van der Waals surface area contributed by atoms with Crippen LogP contribution < -0.4 is 14.5 Å². The first-order valence-corrected chi connectivity index (χ1v) is 10.2. The van der Waals surface area contributed by atoms with Gasteiger partial charge in [0.1, 0.15) is 0 Å². The van der Waals surface area contributed by atoms with Crippen molar-refractivity contribution in [2.75, 3.05) is 30.0 Å². The minimum atomic E-state index is -0.0621. The van der Waals surface area contributed by atoms with E-state index in [-0.39, 0.29) is 11.9 Å². The number of carbonyl (C=O) groups excluding carboxylic acids is 1. The third kappa shape index (κ3) is 3.49. The lowest BCUT2D eigenvalue weighted by Gasteiger charge is -2.28. The van der Waals surface area contributed by atoms with Gasteiger partial charge in [0.15, 0.2) is 5.82 Å². The molecule has 4 rings (SSSR count). The molecule has 1 amide bonds. The van der Waals surface area contributed by atoms with Gasteiger partial charge in [0.05, 0.1) is 35.4 Å². The minimum absolute atomic E-state index is 0.0621. The first-order valence-electron chi connectivity index (χ1n) is 10.2. The van der Waals surface area contributed by atoms with Crippen LogP contribution in [-0.2, 0) is 0 Å². The molecule has 0 fully saturated rings. The lowest BCUT2D eigenvalue weighted by Crippen LogP contribution is -2.38. The second-order valence-corrected chi connectivity index (χ2v) is 7.44. The molecule has 8 nitrogen and oxygen atoms in total. The van der Waals surface area contributed by atoms with Gasteiger partial charge in [-0.2, -0.15) is 5.10 Å². The van der Waals surface area contributed by atoms with E-state index in [0.717, 1.165) is 30.0 Å². The highest BCUT2D eigenvalue weighted by Crippen LogP contribution is 2.35. The summed E-state index contributed by atoms with van der Waals surface area (Å²) in [5, 5.41) is 12.7. The number of benzene rings is 1. The van der Waals surface area contributed by atoms with Crippen LogP contribution in [0.5, 0.6) is 5.88 Å². The van der Waals surface area contributed by atoms with E-state index in [1.165, 1.54) is 0 Å². The van der Waals surface area contributed by atoms with Crippen LogP contribution in [-0.4, -0.2) is 52.1 Å². The highest BCUT2D eigenvalue weighted by molar-refractivity contribution is 6.09. The quantitative estimate of drug-likeness (QED) is 0.662. The second-order valence-electron chi connectivity index (χ2n) is 7.44. The molecule has 0 saturated heterocycles. The molecule has 0 saturated carbocycles. The summed E-state index contributed by atoms with van der Waals surface area (Å²) in [6, 6.07) is 11.6. The second kappa shape index (κ2) is 8.14. The fraction of sp³-hybridized carbons (Fsp3) is 0.364. The minimum Gasteiger partial charge on any atom is -0.477 e. The Morgan fingerprint density at radius 3 is 2.63 bits per heavy atom. The maximum absolute atomic E-state index is 13.6. The molecule has 0 spiro atoms. The Kier molecular flexibility index (Phi) is 5.39. The molecule has 0 aliphatic carbocycles. The van der Waals surface area contributed by atoms with Gasteiger partial charge in [-0.15, -0.1) is 10.2 Å². The molecule has 1 aromatic carbocycles. The zero-order chi connectivity index (χ0) is 21.3. The van der Waals surface area contributed by atoms with Crippen LogP contribution in [0.25, 0.3) is 5.82 Å². The van der Waals surface area contributed by atoms with Crippen molar-refractivity contribution in [2.24, 2.45) is 0 Å². The lowest BCUT2D eigenvalue weighted by molar-refractivity contribution is 0.0977. The molecule has 156 valence electrons. The fourth-order valence-corrected chi connectivity index (χ4v) is 3.80. The van der Waals surface area contributed by atoms with Crippen LogP contribution in [0.2, 0.25) is 0 Å². The maximum Gasteiger partial charge on any atom is 0.262 e. The molecule has 8 heteroatoms. The summed E-state index contributed by atoms with van der Waals surface area (Å²) in [5.74, 6) is 0.938. The maximum atomic E-state index is 13.6. The van der Waals surface area contributed by atoms with Crippen LogP contribution >= 0.6 is 0 Å². The molecule has 1 atom stereocenters. The van der Waals surface area contributed by atoms with Crippen LogP contribution in [0, 0.1) is 6.92 Å². The van der Waals surface area contributed by atoms with Crippen molar-refractivity contribution in [3.63, 3.8) is 0 Å². The highest BCUT2D eigenvalue weighted by Gasteiger charge is 2.31. The number of hydrogen-bond donors (Lipinski definition) is 0. The first kappa shape index (κ1) is 19.9. The van der Waals surface area contributed by atoms with Crippen LogP contribution in [0.1, 0.15) is 36.3 Å². The summed E-state index contributed by atoms with van der Waals surface area (Å²) in [6.07, 6.45) is 2.49. The molecular weight excluding hydrogens is 380 g/mol. The third-order valence-corrected chi connectivity index (χ3v) is 5.47. The van der Waals surface area contributed by atoms with Gasteiger partial charge in [0.25, 0.3) is 5.91 Å². The zero-order valence-electron chi connectivity index (χ0n) is 17.7. The molecule has 3 aromatic rings. The molecule has 1 aliphatic rings. The number of aromatic nitrogens is 4. The van der Waals surface area contributed by atoms with E-state index in [0.29, 0.717) is 23.9 Å². The van der Waals surface area contributed by atoms with Crippen molar-refractivity contribution in [2.45, 2.75) is 33.2 Å². The van der Waals surface area contributed by atoms with Gasteiger partial charge in [-0.05, 0) is 45.4 Å². The summed E-state index contributed by atoms with van der Waals surface area (Å²) < 4.78 is 6.98. The number of carbonyl (C=O) groups is 1. The molecule has 0 bridgehead atoms. The third-order valence-electron chi connectivity index (χ3n) is 5.47. The highest BCUT2D eigenvalue weighted by atomic mass is 16.5. The zero-order valence-corrected chi connectivity index (χ0v) is 17.7. The average Bonchev–Trinajstić information content (AvgIpc) is 3.08. The predicted octanol–water partition coefficient (Wildman–Crippen LogP) is 3.24. The van der Waals surface area contributed by atoms with Crippen molar-refractivity contribution in [3.8, 4) is 11.7 Å². The molecule has 1 aliphatic heterocycles. The van der Waals surface area contributed by atoms with Crippen molar-refractivity contribution in [1.29, 1.82) is 0 Å². The number of para-hydroxylation sites is 2. The monoisotopic (exact) mass is 406 g/mol. The number of ether oxygens (including phenoxy) is 1. The van der Waals surface area contributed by atoms with Gasteiger partial charge in [-0.25, -0.2) is 4.68 Å². The summed E-state index contributed by atoms with van der Waals surface area (Å²) in [6.45, 7) is 7.27. The smallest absolute Gasteiger partial charge is 0.262 e. The van der Waals surface area contributed by atoms with Crippen molar-refractivity contribution < 1.29 is 9.53 Å². The van der Waals surface area contributed by atoms with E-state index >= 15 is 0 Å². The molecule has 2 aromatic heterocycles. The summed E-state index contributed by atoms with van der Waals surface area (Å²) in [7, 11) is 2.06. The fourth-order valence-electron chi connectivity index (χ4n) is 3.80. The van der Waals surface area contributed by atoms with Gasteiger partial charge >= 0.3 is 0 Å². The van der Waals surface area contributed by atoms with Crippen molar-refractivity contribution >= 4 is 17.3 Å². The van der Waals surface area contributed by atoms with Gasteiger partial charge in [-0.3, -0.25) is 4.79 Å². The van der Waals surface area contributed by atoms with Crippen LogP contribution in [0.15, 0.2) is 42.6 Å². The van der Waals surface area contributed by atoms with Crippen molar-refractivity contribution in [3.05, 3.63) is 53.9 Å². The number of fused-ring (bicyclic) bond motifs is 1. The van der Waals surface area contributed by atoms with Crippen LogP contribution in [0.4, 0.5) is 11.4 Å². The molecule has 30 heavy (non-hydrogen) atoms. The normalized spacial score (nSPS) is 16.2. The van der Waals surface area contributed by atoms with Gasteiger partial charge in [-0.1, -0.05) is 12.1 Å². The van der Waals surface area contributed by atoms with E-state index in [1.807, 2.05) is 36.9 Å². The molecule has 1 unspecified atom stereocenters. The van der Waals surface area contributed by atoms with E-state index in [1.54, 1.807) is 23.0 Å². The molecule has 0 radical (unpaired) electrons. The number of nitrogens with zero attached hydrogens (tertiary/aromatic N) is 6. The Bertz CT molecular complexity index is 1050. The summed E-state index contributed by atoms with van der Waals surface area (Å²) in [5.41, 5.74) is 3.25. The lowest BCUT2D eigenvalue weighted by atomic mass is 10.1. The Morgan fingerprint density at radius 2 is 1.93 bits per heavy atom. The number of rotatable bonds is 4. The number of hydrogen-bond acceptors (Lipinski definition) is 6. The van der Waals surface area contributed by atoms with Gasteiger partial charge < -0.3 is 14.5 Å². The van der Waals surface area contributed by atoms with E-state index in [9.17, 15) is 4.79 Å². The van der Waals surface area contributed by atoms with E-state index in [2.05, 4.69) is 40.2 Å². The molecular formula is C22H26N6O2. The Morgan fingerprint density at radius 1 is 1.17 bits per heavy atom.